The molecular formula is C15H14F3NO3S. The molecule has 1 N–H and O–H groups in total. The fourth-order valence-electron chi connectivity index (χ4n) is 1.87. The maximum Gasteiger partial charge on any atom is 0.416 e. The van der Waals surface area contributed by atoms with Crippen molar-refractivity contribution in [2.45, 2.75) is 18.5 Å². The van der Waals surface area contributed by atoms with Crippen LogP contribution in [-0.4, -0.2) is 15.9 Å². The fourth-order valence-corrected chi connectivity index (χ4v) is 2.92. The van der Waals surface area contributed by atoms with E-state index >= 15 is 0 Å². The first-order valence-corrected chi connectivity index (χ1v) is 8.13. The standard InChI is InChI=1S/C15H14F3NO3S/c16-15(17,18)12-4-1-3-11(7-12)9-23(21)10-14(20)19-8-13-5-2-6-22-13/h1-7H,8-10H2,(H,19,20). The van der Waals surface area contributed by atoms with Gasteiger partial charge in [-0.1, -0.05) is 18.2 Å². The van der Waals surface area contributed by atoms with Crippen molar-refractivity contribution in [3.8, 4) is 0 Å². The number of benzene rings is 1. The summed E-state index contributed by atoms with van der Waals surface area (Å²) < 4.78 is 54.7. The van der Waals surface area contributed by atoms with Crippen molar-refractivity contribution in [2.75, 3.05) is 5.75 Å². The molecule has 1 aromatic heterocycles. The molecule has 1 atom stereocenters. The summed E-state index contributed by atoms with van der Waals surface area (Å²) in [4.78, 5) is 11.6. The molecule has 0 bridgehead atoms. The van der Waals surface area contributed by atoms with E-state index in [1.165, 1.54) is 18.4 Å². The van der Waals surface area contributed by atoms with E-state index in [4.69, 9.17) is 4.42 Å². The Balaban J connectivity index is 1.85. The van der Waals surface area contributed by atoms with Crippen LogP contribution < -0.4 is 5.32 Å². The Morgan fingerprint density at radius 1 is 1.22 bits per heavy atom. The molecule has 0 radical (unpaired) electrons. The van der Waals surface area contributed by atoms with E-state index in [0.717, 1.165) is 12.1 Å². The minimum Gasteiger partial charge on any atom is -0.467 e. The van der Waals surface area contributed by atoms with Gasteiger partial charge in [-0.05, 0) is 23.8 Å². The summed E-state index contributed by atoms with van der Waals surface area (Å²) in [7, 11) is -1.59. The second kappa shape index (κ2) is 7.45. The zero-order valence-electron chi connectivity index (χ0n) is 11.9. The van der Waals surface area contributed by atoms with E-state index in [0.29, 0.717) is 5.76 Å². The van der Waals surface area contributed by atoms with Crippen LogP contribution in [-0.2, 0) is 34.1 Å². The van der Waals surface area contributed by atoms with Gasteiger partial charge in [-0.2, -0.15) is 13.2 Å². The third-order valence-corrected chi connectivity index (χ3v) is 4.15. The topological polar surface area (TPSA) is 59.3 Å². The first-order chi connectivity index (χ1) is 10.8. The SMILES string of the molecule is O=C(CS(=O)Cc1cccc(C(F)(F)F)c1)NCc1ccco1. The molecule has 1 heterocycles. The van der Waals surface area contributed by atoms with E-state index < -0.39 is 28.4 Å². The number of hydrogen-bond donors (Lipinski definition) is 1. The smallest absolute Gasteiger partial charge is 0.416 e. The highest BCUT2D eigenvalue weighted by molar-refractivity contribution is 7.84. The minimum absolute atomic E-state index is 0.113. The van der Waals surface area contributed by atoms with E-state index in [1.54, 1.807) is 12.1 Å². The van der Waals surface area contributed by atoms with Gasteiger partial charge in [-0.3, -0.25) is 9.00 Å². The molecule has 8 heteroatoms. The van der Waals surface area contributed by atoms with Crippen LogP contribution in [0.3, 0.4) is 0 Å². The Morgan fingerprint density at radius 3 is 2.65 bits per heavy atom. The number of halogens is 3. The summed E-state index contributed by atoms with van der Waals surface area (Å²) in [6.45, 7) is 0.173. The van der Waals surface area contributed by atoms with Crippen LogP contribution in [0.5, 0.6) is 0 Å². The molecule has 4 nitrogen and oxygen atoms in total. The fraction of sp³-hybridized carbons (Fsp3) is 0.267. The molecular weight excluding hydrogens is 331 g/mol. The van der Waals surface area contributed by atoms with Crippen LogP contribution in [0.15, 0.2) is 47.1 Å². The Kier molecular flexibility index (Phi) is 5.59. The van der Waals surface area contributed by atoms with Gasteiger partial charge in [-0.15, -0.1) is 0 Å². The first-order valence-electron chi connectivity index (χ1n) is 6.65. The Morgan fingerprint density at radius 2 is 2.00 bits per heavy atom. The maximum absolute atomic E-state index is 12.6. The monoisotopic (exact) mass is 345 g/mol. The number of rotatable bonds is 6. The predicted molar refractivity (Wildman–Crippen MR) is 78.7 cm³/mol. The number of amides is 1. The van der Waals surface area contributed by atoms with Gasteiger partial charge in [-0.25, -0.2) is 0 Å². The van der Waals surface area contributed by atoms with Gasteiger partial charge in [0.1, 0.15) is 11.5 Å². The Bertz CT molecular complexity index is 684. The third kappa shape index (κ3) is 5.55. The third-order valence-electron chi connectivity index (χ3n) is 2.91. The summed E-state index contributed by atoms with van der Waals surface area (Å²) in [5.41, 5.74) is -0.522. The number of furan rings is 1. The van der Waals surface area contributed by atoms with Crippen molar-refractivity contribution in [1.82, 2.24) is 5.32 Å². The maximum atomic E-state index is 12.6. The second-order valence-corrected chi connectivity index (χ2v) is 6.24. The first kappa shape index (κ1) is 17.3. The molecule has 124 valence electrons. The predicted octanol–water partition coefficient (Wildman–Crippen LogP) is 2.86. The van der Waals surface area contributed by atoms with Crippen LogP contribution in [0.2, 0.25) is 0 Å². The molecule has 0 aliphatic heterocycles. The van der Waals surface area contributed by atoms with E-state index in [1.807, 2.05) is 0 Å². The van der Waals surface area contributed by atoms with Crippen molar-refractivity contribution in [1.29, 1.82) is 0 Å². The van der Waals surface area contributed by atoms with Crippen LogP contribution in [0.1, 0.15) is 16.9 Å². The summed E-state index contributed by atoms with van der Waals surface area (Å²) in [6.07, 6.45) is -2.98. The average molecular weight is 345 g/mol. The highest BCUT2D eigenvalue weighted by Crippen LogP contribution is 2.29. The summed E-state index contributed by atoms with van der Waals surface area (Å²) in [5.74, 6) is -0.289. The van der Waals surface area contributed by atoms with Gasteiger partial charge in [0, 0.05) is 16.6 Å². The molecule has 23 heavy (non-hydrogen) atoms. The lowest BCUT2D eigenvalue weighted by Crippen LogP contribution is -2.28. The normalized spacial score (nSPS) is 12.8. The number of alkyl halides is 3. The Hall–Kier alpha value is -2.09. The molecule has 0 spiro atoms. The molecule has 1 unspecified atom stereocenters. The number of hydrogen-bond acceptors (Lipinski definition) is 3. The van der Waals surface area contributed by atoms with E-state index in [2.05, 4.69) is 5.32 Å². The summed E-state index contributed by atoms with van der Waals surface area (Å²) in [6, 6.07) is 7.95. The number of nitrogens with one attached hydrogen (secondary N) is 1. The highest BCUT2D eigenvalue weighted by atomic mass is 32.2. The second-order valence-electron chi connectivity index (χ2n) is 4.78. The van der Waals surface area contributed by atoms with Gasteiger partial charge in [0.15, 0.2) is 0 Å². The largest absolute Gasteiger partial charge is 0.467 e. The van der Waals surface area contributed by atoms with Crippen molar-refractivity contribution < 1.29 is 26.6 Å². The van der Waals surface area contributed by atoms with Gasteiger partial charge < -0.3 is 9.73 Å². The Labute approximate surface area is 133 Å². The van der Waals surface area contributed by atoms with Crippen molar-refractivity contribution in [3.05, 3.63) is 59.5 Å². The van der Waals surface area contributed by atoms with Crippen molar-refractivity contribution in [3.63, 3.8) is 0 Å². The summed E-state index contributed by atoms with van der Waals surface area (Å²) in [5, 5.41) is 2.53. The van der Waals surface area contributed by atoms with Gasteiger partial charge in [0.25, 0.3) is 0 Å². The minimum atomic E-state index is -4.45. The lowest BCUT2D eigenvalue weighted by molar-refractivity contribution is -0.137. The van der Waals surface area contributed by atoms with Crippen LogP contribution >= 0.6 is 0 Å². The highest BCUT2D eigenvalue weighted by Gasteiger charge is 2.30. The van der Waals surface area contributed by atoms with Crippen molar-refractivity contribution in [2.24, 2.45) is 0 Å². The molecule has 1 aromatic carbocycles. The van der Waals surface area contributed by atoms with Crippen LogP contribution in [0.25, 0.3) is 0 Å². The van der Waals surface area contributed by atoms with Crippen molar-refractivity contribution >= 4 is 16.7 Å². The average Bonchev–Trinajstić information content (AvgIpc) is 2.97. The number of carbonyl (C=O) groups excluding carboxylic acids is 1. The molecule has 0 saturated heterocycles. The van der Waals surface area contributed by atoms with Gasteiger partial charge >= 0.3 is 6.18 Å². The zero-order valence-corrected chi connectivity index (χ0v) is 12.7. The molecule has 0 fully saturated rings. The van der Waals surface area contributed by atoms with E-state index in [-0.39, 0.29) is 23.6 Å². The van der Waals surface area contributed by atoms with Crippen LogP contribution in [0.4, 0.5) is 13.2 Å². The quantitative estimate of drug-likeness (QED) is 0.876. The van der Waals surface area contributed by atoms with Crippen LogP contribution in [0, 0.1) is 0 Å². The molecule has 2 aromatic rings. The summed E-state index contributed by atoms with van der Waals surface area (Å²) >= 11 is 0. The molecule has 1 amide bonds. The lowest BCUT2D eigenvalue weighted by atomic mass is 10.1. The van der Waals surface area contributed by atoms with E-state index in [9.17, 15) is 22.2 Å². The molecule has 0 aliphatic rings. The lowest BCUT2D eigenvalue weighted by Gasteiger charge is -2.08. The van der Waals surface area contributed by atoms with Gasteiger partial charge in [0.05, 0.1) is 18.4 Å². The molecule has 2 rings (SSSR count). The van der Waals surface area contributed by atoms with Gasteiger partial charge in [0.2, 0.25) is 5.91 Å². The molecule has 0 saturated carbocycles. The zero-order chi connectivity index (χ0) is 16.9. The molecule has 0 aliphatic carbocycles. The number of carbonyl (C=O) groups is 1.